The van der Waals surface area contributed by atoms with Crippen molar-refractivity contribution in [2.45, 2.75) is 19.0 Å². The predicted octanol–water partition coefficient (Wildman–Crippen LogP) is 0.943. The summed E-state index contributed by atoms with van der Waals surface area (Å²) in [6.07, 6.45) is -5.39. The Morgan fingerprint density at radius 2 is 1.93 bits per heavy atom. The van der Waals surface area contributed by atoms with E-state index in [9.17, 15) is 26.4 Å². The molecule has 3 nitrogen and oxygen atoms in total. The Bertz CT molecular complexity index is 331. The second-order valence-electron chi connectivity index (χ2n) is 3.39. The minimum absolute atomic E-state index is 0.108. The number of carbonyl (C=O) groups is 1. The van der Waals surface area contributed by atoms with Gasteiger partial charge in [0.25, 0.3) is 0 Å². The minimum atomic E-state index is -4.84. The van der Waals surface area contributed by atoms with Gasteiger partial charge in [0.05, 0.1) is 11.5 Å². The molecule has 0 bridgehead atoms. The van der Waals surface area contributed by atoms with Crippen LogP contribution >= 0.6 is 0 Å². The molecule has 1 heterocycles. The molecule has 0 radical (unpaired) electrons. The van der Waals surface area contributed by atoms with Crippen molar-refractivity contribution < 1.29 is 26.4 Å². The maximum Gasteiger partial charge on any atom is 0.449 e. The Labute approximate surface area is 79.2 Å². The van der Waals surface area contributed by atoms with E-state index >= 15 is 0 Å². The second-order valence-corrected chi connectivity index (χ2v) is 5.62. The molecule has 7 heteroatoms. The Kier molecular flexibility index (Phi) is 2.89. The zero-order chi connectivity index (χ0) is 11.0. The molecule has 82 valence electrons. The first-order valence-corrected chi connectivity index (χ1v) is 5.83. The maximum absolute atomic E-state index is 11.8. The fourth-order valence-corrected chi connectivity index (χ4v) is 3.27. The summed E-state index contributed by atoms with van der Waals surface area (Å²) < 4.78 is 57.1. The van der Waals surface area contributed by atoms with E-state index in [1.807, 2.05) is 0 Å². The van der Waals surface area contributed by atoms with Crippen LogP contribution in [0, 0.1) is 5.92 Å². The van der Waals surface area contributed by atoms with Crippen LogP contribution < -0.4 is 0 Å². The SMILES string of the molecule is O=C(CC1CCS(=O)(=O)C1)C(F)(F)F. The summed E-state index contributed by atoms with van der Waals surface area (Å²) in [5.74, 6) is -2.90. The lowest BCUT2D eigenvalue weighted by atomic mass is 10.0. The topological polar surface area (TPSA) is 51.2 Å². The van der Waals surface area contributed by atoms with E-state index in [1.165, 1.54) is 0 Å². The first-order valence-electron chi connectivity index (χ1n) is 4.01. The monoisotopic (exact) mass is 230 g/mol. The van der Waals surface area contributed by atoms with Crippen molar-refractivity contribution in [1.82, 2.24) is 0 Å². The van der Waals surface area contributed by atoms with Crippen LogP contribution in [0.1, 0.15) is 12.8 Å². The van der Waals surface area contributed by atoms with E-state index in [0.29, 0.717) is 0 Å². The number of rotatable bonds is 2. The van der Waals surface area contributed by atoms with Gasteiger partial charge in [-0.25, -0.2) is 8.42 Å². The molecular formula is C7H9F3O3S. The van der Waals surface area contributed by atoms with Gasteiger partial charge in [-0.1, -0.05) is 0 Å². The molecule has 0 amide bonds. The van der Waals surface area contributed by atoms with Gasteiger partial charge < -0.3 is 0 Å². The average molecular weight is 230 g/mol. The van der Waals surface area contributed by atoms with Gasteiger partial charge >= 0.3 is 6.18 Å². The Balaban J connectivity index is 2.53. The van der Waals surface area contributed by atoms with E-state index in [1.54, 1.807) is 0 Å². The lowest BCUT2D eigenvalue weighted by Crippen LogP contribution is -2.25. The van der Waals surface area contributed by atoms with Gasteiger partial charge in [-0.05, 0) is 12.3 Å². The Morgan fingerprint density at radius 1 is 1.36 bits per heavy atom. The van der Waals surface area contributed by atoms with E-state index in [4.69, 9.17) is 0 Å². The van der Waals surface area contributed by atoms with Crippen LogP contribution in [-0.2, 0) is 14.6 Å². The lowest BCUT2D eigenvalue weighted by Gasteiger charge is -2.08. The number of hydrogen-bond donors (Lipinski definition) is 0. The number of alkyl halides is 3. The number of hydrogen-bond acceptors (Lipinski definition) is 3. The Hall–Kier alpha value is -0.590. The predicted molar refractivity (Wildman–Crippen MR) is 42.4 cm³/mol. The maximum atomic E-state index is 11.8. The van der Waals surface area contributed by atoms with E-state index in [0.717, 1.165) is 0 Å². The number of ketones is 1. The van der Waals surface area contributed by atoms with Gasteiger partial charge in [-0.15, -0.1) is 0 Å². The van der Waals surface area contributed by atoms with Crippen LogP contribution in [0.3, 0.4) is 0 Å². The van der Waals surface area contributed by atoms with Crippen LogP contribution in [-0.4, -0.2) is 31.9 Å². The van der Waals surface area contributed by atoms with Gasteiger partial charge in [0.2, 0.25) is 5.78 Å². The molecule has 1 atom stereocenters. The molecule has 1 aliphatic rings. The average Bonchev–Trinajstić information content (AvgIpc) is 2.28. The van der Waals surface area contributed by atoms with Crippen molar-refractivity contribution in [2.24, 2.45) is 5.92 Å². The van der Waals surface area contributed by atoms with Gasteiger partial charge in [-0.3, -0.25) is 4.79 Å². The zero-order valence-electron chi connectivity index (χ0n) is 7.17. The molecule has 0 spiro atoms. The Morgan fingerprint density at radius 3 is 2.29 bits per heavy atom. The molecule has 1 aliphatic heterocycles. The van der Waals surface area contributed by atoms with Crippen LogP contribution in [0.25, 0.3) is 0 Å². The molecule has 0 N–H and O–H groups in total. The lowest BCUT2D eigenvalue weighted by molar-refractivity contribution is -0.171. The third kappa shape index (κ3) is 2.97. The van der Waals surface area contributed by atoms with Crippen molar-refractivity contribution in [1.29, 1.82) is 0 Å². The zero-order valence-corrected chi connectivity index (χ0v) is 7.99. The molecule has 0 aromatic heterocycles. The summed E-state index contributed by atoms with van der Waals surface area (Å²) in [6.45, 7) is 0. The molecule has 1 rings (SSSR count). The van der Waals surface area contributed by atoms with E-state index < -0.39 is 34.1 Å². The van der Waals surface area contributed by atoms with Crippen molar-refractivity contribution >= 4 is 15.6 Å². The van der Waals surface area contributed by atoms with Crippen LogP contribution in [0.2, 0.25) is 0 Å². The number of Topliss-reactive ketones (excluding diaryl/α,β-unsaturated/α-hetero) is 1. The third-order valence-corrected chi connectivity index (χ3v) is 3.95. The first-order chi connectivity index (χ1) is 6.21. The van der Waals surface area contributed by atoms with Gasteiger partial charge in [0.15, 0.2) is 9.84 Å². The van der Waals surface area contributed by atoms with Crippen molar-refractivity contribution in [2.75, 3.05) is 11.5 Å². The highest BCUT2D eigenvalue weighted by atomic mass is 32.2. The van der Waals surface area contributed by atoms with Crippen LogP contribution in [0.15, 0.2) is 0 Å². The van der Waals surface area contributed by atoms with Crippen molar-refractivity contribution in [3.05, 3.63) is 0 Å². The largest absolute Gasteiger partial charge is 0.449 e. The molecule has 1 fully saturated rings. The number of sulfone groups is 1. The number of carbonyl (C=O) groups excluding carboxylic acids is 1. The summed E-state index contributed by atoms with van der Waals surface area (Å²) in [5, 5.41) is 0. The fourth-order valence-electron chi connectivity index (χ4n) is 1.41. The minimum Gasteiger partial charge on any atom is -0.290 e. The summed E-state index contributed by atoms with van der Waals surface area (Å²) in [7, 11) is -3.21. The summed E-state index contributed by atoms with van der Waals surface area (Å²) in [5.41, 5.74) is 0. The van der Waals surface area contributed by atoms with Crippen molar-refractivity contribution in [3.63, 3.8) is 0 Å². The fraction of sp³-hybridized carbons (Fsp3) is 0.857. The summed E-state index contributed by atoms with van der Waals surface area (Å²) in [6, 6.07) is 0. The smallest absolute Gasteiger partial charge is 0.290 e. The van der Waals surface area contributed by atoms with Crippen LogP contribution in [0.4, 0.5) is 13.2 Å². The normalized spacial score (nSPS) is 26.4. The van der Waals surface area contributed by atoms with Gasteiger partial charge in [0.1, 0.15) is 0 Å². The number of halogens is 3. The molecular weight excluding hydrogens is 221 g/mol. The highest BCUT2D eigenvalue weighted by molar-refractivity contribution is 7.91. The van der Waals surface area contributed by atoms with Crippen LogP contribution in [0.5, 0.6) is 0 Å². The van der Waals surface area contributed by atoms with E-state index in [2.05, 4.69) is 0 Å². The summed E-state index contributed by atoms with van der Waals surface area (Å²) >= 11 is 0. The standard InChI is InChI=1S/C7H9F3O3S/c8-7(9,10)6(11)3-5-1-2-14(12,13)4-5/h5H,1-4H2. The van der Waals surface area contributed by atoms with Crippen molar-refractivity contribution in [3.8, 4) is 0 Å². The molecule has 0 aliphatic carbocycles. The molecule has 1 saturated heterocycles. The van der Waals surface area contributed by atoms with Gasteiger partial charge in [0, 0.05) is 6.42 Å². The van der Waals surface area contributed by atoms with Gasteiger partial charge in [-0.2, -0.15) is 13.2 Å². The molecule has 0 saturated carbocycles. The third-order valence-electron chi connectivity index (χ3n) is 2.12. The van der Waals surface area contributed by atoms with E-state index in [-0.39, 0.29) is 17.9 Å². The highest BCUT2D eigenvalue weighted by Crippen LogP contribution is 2.26. The molecule has 1 unspecified atom stereocenters. The molecule has 14 heavy (non-hydrogen) atoms. The quantitative estimate of drug-likeness (QED) is 0.709. The summed E-state index contributed by atoms with van der Waals surface area (Å²) in [4.78, 5) is 10.5. The second kappa shape index (κ2) is 3.52. The molecule has 0 aromatic rings. The molecule has 0 aromatic carbocycles. The first kappa shape index (κ1) is 11.5. The highest BCUT2D eigenvalue weighted by Gasteiger charge is 2.41.